The molecule has 0 aliphatic carbocycles. The van der Waals surface area contributed by atoms with Crippen LogP contribution in [0, 0.1) is 5.82 Å². The molecule has 0 fully saturated rings. The first-order valence-electron chi connectivity index (χ1n) is 8.15. The van der Waals surface area contributed by atoms with E-state index in [1.54, 1.807) is 12.1 Å². The minimum atomic E-state index is -0.0958. The van der Waals surface area contributed by atoms with E-state index in [1.165, 1.54) is 11.1 Å². The summed E-state index contributed by atoms with van der Waals surface area (Å²) in [6.45, 7) is 0. The lowest BCUT2D eigenvalue weighted by Crippen LogP contribution is -2.07. The Bertz CT molecular complexity index is 719. The second-order valence-corrected chi connectivity index (χ2v) is 5.93. The maximum absolute atomic E-state index is 14.3. The van der Waals surface area contributed by atoms with Gasteiger partial charge in [-0.05, 0) is 47.9 Å². The summed E-state index contributed by atoms with van der Waals surface area (Å²) in [5.41, 5.74) is 3.39. The van der Waals surface area contributed by atoms with Crippen LogP contribution in [0.25, 0.3) is 0 Å². The Morgan fingerprint density at radius 2 is 1.22 bits per heavy atom. The van der Waals surface area contributed by atoms with E-state index in [4.69, 9.17) is 0 Å². The zero-order valence-electron chi connectivity index (χ0n) is 13.2. The van der Waals surface area contributed by atoms with Gasteiger partial charge in [0.05, 0.1) is 0 Å². The zero-order valence-corrected chi connectivity index (χ0v) is 13.2. The Morgan fingerprint density at radius 1 is 0.652 bits per heavy atom. The molecule has 0 aliphatic rings. The van der Waals surface area contributed by atoms with Crippen molar-refractivity contribution in [2.24, 2.45) is 0 Å². The lowest BCUT2D eigenvalue weighted by atomic mass is 9.87. The van der Waals surface area contributed by atoms with E-state index >= 15 is 0 Å². The maximum Gasteiger partial charge on any atom is 0.126 e. The van der Waals surface area contributed by atoms with Crippen LogP contribution in [-0.2, 0) is 12.8 Å². The van der Waals surface area contributed by atoms with E-state index in [2.05, 4.69) is 36.4 Å². The fourth-order valence-electron chi connectivity index (χ4n) is 3.06. The maximum atomic E-state index is 14.3. The van der Waals surface area contributed by atoms with E-state index in [0.29, 0.717) is 0 Å². The zero-order chi connectivity index (χ0) is 15.9. The van der Waals surface area contributed by atoms with Crippen molar-refractivity contribution >= 4 is 0 Å². The van der Waals surface area contributed by atoms with E-state index < -0.39 is 0 Å². The summed E-state index contributed by atoms with van der Waals surface area (Å²) in [4.78, 5) is 0. The highest BCUT2D eigenvalue weighted by molar-refractivity contribution is 5.26. The molecular formula is C22H21F. The van der Waals surface area contributed by atoms with Crippen molar-refractivity contribution in [3.05, 3.63) is 107 Å². The largest absolute Gasteiger partial charge is 0.207 e. The van der Waals surface area contributed by atoms with Gasteiger partial charge < -0.3 is 0 Å². The standard InChI is InChI=1S/C22H21F/c23-22-14-8-7-13-21(22)20(17-19-11-5-2-6-12-19)16-15-18-9-3-1-4-10-18/h1-14,20H,15-17H2/t20-/m1/s1. The van der Waals surface area contributed by atoms with Crippen LogP contribution < -0.4 is 0 Å². The van der Waals surface area contributed by atoms with Crippen LogP contribution in [0.3, 0.4) is 0 Å². The van der Waals surface area contributed by atoms with Gasteiger partial charge in [-0.3, -0.25) is 0 Å². The van der Waals surface area contributed by atoms with E-state index in [9.17, 15) is 4.39 Å². The molecule has 3 rings (SSSR count). The van der Waals surface area contributed by atoms with Gasteiger partial charge in [-0.15, -0.1) is 0 Å². The highest BCUT2D eigenvalue weighted by atomic mass is 19.1. The van der Waals surface area contributed by atoms with Gasteiger partial charge in [-0.1, -0.05) is 78.9 Å². The predicted molar refractivity (Wildman–Crippen MR) is 94.1 cm³/mol. The third-order valence-electron chi connectivity index (χ3n) is 4.29. The summed E-state index contributed by atoms with van der Waals surface area (Å²) in [6.07, 6.45) is 2.78. The second-order valence-electron chi connectivity index (χ2n) is 5.93. The fourth-order valence-corrected chi connectivity index (χ4v) is 3.06. The Morgan fingerprint density at radius 3 is 1.87 bits per heavy atom. The molecule has 0 amide bonds. The number of benzene rings is 3. The number of hydrogen-bond donors (Lipinski definition) is 0. The molecule has 1 heteroatoms. The molecule has 0 aliphatic heterocycles. The SMILES string of the molecule is Fc1ccccc1[C@H](CCc1ccccc1)Cc1ccccc1. The van der Waals surface area contributed by atoms with Crippen molar-refractivity contribution in [3.63, 3.8) is 0 Å². The van der Waals surface area contributed by atoms with Crippen LogP contribution in [0.1, 0.15) is 29.0 Å². The Balaban J connectivity index is 1.80. The molecule has 0 nitrogen and oxygen atoms in total. The molecule has 0 heterocycles. The van der Waals surface area contributed by atoms with Gasteiger partial charge >= 0.3 is 0 Å². The van der Waals surface area contributed by atoms with Crippen molar-refractivity contribution in [1.82, 2.24) is 0 Å². The molecule has 3 aromatic carbocycles. The highest BCUT2D eigenvalue weighted by Crippen LogP contribution is 2.28. The summed E-state index contributed by atoms with van der Waals surface area (Å²) < 4.78 is 14.3. The third-order valence-corrected chi connectivity index (χ3v) is 4.29. The quantitative estimate of drug-likeness (QED) is 0.541. The Labute approximate surface area is 137 Å². The van der Waals surface area contributed by atoms with Crippen LogP contribution >= 0.6 is 0 Å². The monoisotopic (exact) mass is 304 g/mol. The molecule has 0 radical (unpaired) electrons. The van der Waals surface area contributed by atoms with Gasteiger partial charge in [-0.25, -0.2) is 4.39 Å². The molecule has 0 spiro atoms. The molecule has 0 aromatic heterocycles. The van der Waals surface area contributed by atoms with Crippen molar-refractivity contribution in [3.8, 4) is 0 Å². The Kier molecular flexibility index (Phi) is 5.21. The van der Waals surface area contributed by atoms with E-state index in [-0.39, 0.29) is 11.7 Å². The minimum Gasteiger partial charge on any atom is -0.207 e. The lowest BCUT2D eigenvalue weighted by molar-refractivity contribution is 0.551. The van der Waals surface area contributed by atoms with Gasteiger partial charge in [-0.2, -0.15) is 0 Å². The van der Waals surface area contributed by atoms with Crippen LogP contribution in [-0.4, -0.2) is 0 Å². The number of aryl methyl sites for hydroxylation is 1. The summed E-state index contributed by atoms with van der Waals surface area (Å²) >= 11 is 0. The topological polar surface area (TPSA) is 0 Å². The second kappa shape index (κ2) is 7.73. The molecule has 0 saturated carbocycles. The van der Waals surface area contributed by atoms with E-state index in [0.717, 1.165) is 24.8 Å². The summed E-state index contributed by atoms with van der Waals surface area (Å²) in [5, 5.41) is 0. The fraction of sp³-hybridized carbons (Fsp3) is 0.182. The van der Waals surface area contributed by atoms with Crippen LogP contribution in [0.2, 0.25) is 0 Å². The summed E-state index contributed by atoms with van der Waals surface area (Å²) in [6, 6.07) is 28.0. The first-order chi connectivity index (χ1) is 11.3. The molecule has 23 heavy (non-hydrogen) atoms. The van der Waals surface area contributed by atoms with Crippen molar-refractivity contribution in [1.29, 1.82) is 0 Å². The van der Waals surface area contributed by atoms with Crippen LogP contribution in [0.4, 0.5) is 4.39 Å². The Hall–Kier alpha value is -2.41. The van der Waals surface area contributed by atoms with Crippen molar-refractivity contribution in [2.75, 3.05) is 0 Å². The van der Waals surface area contributed by atoms with Crippen molar-refractivity contribution < 1.29 is 4.39 Å². The first-order valence-corrected chi connectivity index (χ1v) is 8.15. The molecule has 0 bridgehead atoms. The molecule has 1 atom stereocenters. The molecule has 116 valence electrons. The predicted octanol–water partition coefficient (Wildman–Crippen LogP) is 5.78. The van der Waals surface area contributed by atoms with Gasteiger partial charge in [0.15, 0.2) is 0 Å². The summed E-state index contributed by atoms with van der Waals surface area (Å²) in [7, 11) is 0. The number of rotatable bonds is 6. The third kappa shape index (κ3) is 4.29. The minimum absolute atomic E-state index is 0.0958. The number of hydrogen-bond acceptors (Lipinski definition) is 0. The average Bonchev–Trinajstić information content (AvgIpc) is 2.61. The highest BCUT2D eigenvalue weighted by Gasteiger charge is 2.16. The van der Waals surface area contributed by atoms with Crippen LogP contribution in [0.5, 0.6) is 0 Å². The molecule has 0 saturated heterocycles. The van der Waals surface area contributed by atoms with Gasteiger partial charge in [0.1, 0.15) is 5.82 Å². The van der Waals surface area contributed by atoms with Gasteiger partial charge in [0, 0.05) is 0 Å². The van der Waals surface area contributed by atoms with Gasteiger partial charge in [0.2, 0.25) is 0 Å². The van der Waals surface area contributed by atoms with Crippen molar-refractivity contribution in [2.45, 2.75) is 25.2 Å². The average molecular weight is 304 g/mol. The number of halogens is 1. The first kappa shape index (κ1) is 15.5. The molecular weight excluding hydrogens is 283 g/mol. The summed E-state index contributed by atoms with van der Waals surface area (Å²) in [5.74, 6) is 0.0975. The molecule has 0 unspecified atom stereocenters. The normalized spacial score (nSPS) is 12.0. The van der Waals surface area contributed by atoms with Gasteiger partial charge in [0.25, 0.3) is 0 Å². The van der Waals surface area contributed by atoms with Crippen LogP contribution in [0.15, 0.2) is 84.9 Å². The molecule has 0 N–H and O–H groups in total. The smallest absolute Gasteiger partial charge is 0.126 e. The van der Waals surface area contributed by atoms with E-state index in [1.807, 2.05) is 36.4 Å². The lowest BCUT2D eigenvalue weighted by Gasteiger charge is -2.18. The molecule has 3 aromatic rings.